The van der Waals surface area contributed by atoms with Gasteiger partial charge in [-0.3, -0.25) is 9.71 Å². The molecular weight excluding hydrogens is 362 g/mol. The fourth-order valence-corrected chi connectivity index (χ4v) is 4.33. The number of aromatic nitrogens is 1. The summed E-state index contributed by atoms with van der Waals surface area (Å²) < 4.78 is 54.3. The van der Waals surface area contributed by atoms with Crippen molar-refractivity contribution in [1.82, 2.24) is 9.71 Å². The summed E-state index contributed by atoms with van der Waals surface area (Å²) in [5, 5.41) is 0. The van der Waals surface area contributed by atoms with Gasteiger partial charge in [0.1, 0.15) is 0 Å². The van der Waals surface area contributed by atoms with E-state index in [-0.39, 0.29) is 21.8 Å². The van der Waals surface area contributed by atoms with Crippen molar-refractivity contribution in [3.8, 4) is 0 Å². The van der Waals surface area contributed by atoms with Gasteiger partial charge in [0, 0.05) is 18.4 Å². The predicted molar refractivity (Wildman–Crippen MR) is 96.1 cm³/mol. The zero-order valence-electron chi connectivity index (χ0n) is 14.2. The van der Waals surface area contributed by atoms with Gasteiger partial charge in [-0.15, -0.1) is 0 Å². The van der Waals surface area contributed by atoms with Crippen LogP contribution in [0.3, 0.4) is 0 Å². The Morgan fingerprint density at radius 1 is 0.800 bits per heavy atom. The van der Waals surface area contributed by atoms with Crippen molar-refractivity contribution >= 4 is 25.7 Å². The van der Waals surface area contributed by atoms with Crippen LogP contribution in [-0.4, -0.2) is 27.9 Å². The molecule has 2 N–H and O–H groups in total. The maximum absolute atomic E-state index is 12.3. The maximum Gasteiger partial charge on any atom is 0.261 e. The molecule has 1 heterocycles. The van der Waals surface area contributed by atoms with Gasteiger partial charge in [-0.2, -0.15) is 0 Å². The zero-order chi connectivity index (χ0) is 18.7. The van der Waals surface area contributed by atoms with Gasteiger partial charge in [0.25, 0.3) is 10.0 Å². The lowest BCUT2D eigenvalue weighted by Gasteiger charge is -2.17. The third-order valence-electron chi connectivity index (χ3n) is 3.72. The molecule has 1 atom stereocenters. The van der Waals surface area contributed by atoms with Gasteiger partial charge in [0.2, 0.25) is 10.0 Å². The Bertz CT molecular complexity index is 910. The number of rotatable bonds is 7. The minimum Gasteiger partial charge on any atom is -0.280 e. The van der Waals surface area contributed by atoms with Crippen LogP contribution in [0.25, 0.3) is 0 Å². The number of nitrogens with one attached hydrogen (secondary N) is 2. The van der Waals surface area contributed by atoms with E-state index in [0.717, 1.165) is 0 Å². The third-order valence-corrected chi connectivity index (χ3v) is 6.69. The van der Waals surface area contributed by atoms with Crippen LogP contribution in [0.2, 0.25) is 0 Å². The summed E-state index contributed by atoms with van der Waals surface area (Å²) in [4.78, 5) is 3.80. The molecule has 0 fully saturated rings. The normalized spacial score (nSPS) is 13.6. The average molecular weight is 383 g/mol. The summed E-state index contributed by atoms with van der Waals surface area (Å²) in [6.45, 7) is 5.60. The lowest BCUT2D eigenvalue weighted by Crippen LogP contribution is -2.36. The van der Waals surface area contributed by atoms with Crippen molar-refractivity contribution in [2.45, 2.75) is 36.6 Å². The van der Waals surface area contributed by atoms with Crippen molar-refractivity contribution in [1.29, 1.82) is 0 Å². The molecule has 7 nitrogen and oxygen atoms in total. The van der Waals surface area contributed by atoms with Crippen LogP contribution in [0.4, 0.5) is 5.69 Å². The van der Waals surface area contributed by atoms with E-state index in [1.165, 1.54) is 48.8 Å². The molecule has 0 aliphatic rings. The lowest BCUT2D eigenvalue weighted by atomic mass is 10.1. The number of benzene rings is 1. The summed E-state index contributed by atoms with van der Waals surface area (Å²) in [5.41, 5.74) is 0.374. The molecule has 9 heteroatoms. The van der Waals surface area contributed by atoms with E-state index < -0.39 is 20.0 Å². The maximum atomic E-state index is 12.3. The molecule has 0 saturated heterocycles. The number of hydrogen-bond donors (Lipinski definition) is 2. The fraction of sp³-hybridized carbons (Fsp3) is 0.312. The van der Waals surface area contributed by atoms with Crippen LogP contribution in [0.5, 0.6) is 0 Å². The molecule has 1 aromatic heterocycles. The molecule has 2 rings (SSSR count). The second-order valence-corrected chi connectivity index (χ2v) is 9.36. The van der Waals surface area contributed by atoms with E-state index in [0.29, 0.717) is 5.69 Å². The summed E-state index contributed by atoms with van der Waals surface area (Å²) in [5.74, 6) is 0.138. The Kier molecular flexibility index (Phi) is 5.81. The predicted octanol–water partition coefficient (Wildman–Crippen LogP) is 2.21. The first-order valence-electron chi connectivity index (χ1n) is 7.67. The van der Waals surface area contributed by atoms with Gasteiger partial charge < -0.3 is 0 Å². The first-order chi connectivity index (χ1) is 11.6. The van der Waals surface area contributed by atoms with E-state index in [9.17, 15) is 16.8 Å². The molecule has 25 heavy (non-hydrogen) atoms. The van der Waals surface area contributed by atoms with Crippen molar-refractivity contribution in [2.75, 3.05) is 4.72 Å². The number of anilines is 1. The highest BCUT2D eigenvalue weighted by molar-refractivity contribution is 7.92. The van der Waals surface area contributed by atoms with Gasteiger partial charge >= 0.3 is 0 Å². The largest absolute Gasteiger partial charge is 0.280 e. The SMILES string of the molecule is CC(C)[C@@H](C)NS(=O)(=O)c1ccc(S(=O)(=O)Nc2ccncc2)cc1. The van der Waals surface area contributed by atoms with E-state index in [2.05, 4.69) is 14.4 Å². The third kappa shape index (κ3) is 5.00. The highest BCUT2D eigenvalue weighted by Gasteiger charge is 2.21. The summed E-state index contributed by atoms with van der Waals surface area (Å²) in [6.07, 6.45) is 2.93. The summed E-state index contributed by atoms with van der Waals surface area (Å²) >= 11 is 0. The van der Waals surface area contributed by atoms with Crippen molar-refractivity contribution in [2.24, 2.45) is 5.92 Å². The molecule has 0 bridgehead atoms. The van der Waals surface area contributed by atoms with Crippen LogP contribution in [-0.2, 0) is 20.0 Å². The molecule has 136 valence electrons. The monoisotopic (exact) mass is 383 g/mol. The standard InChI is InChI=1S/C16H21N3O4S2/c1-12(2)13(3)18-24(20,21)15-4-6-16(7-5-15)25(22,23)19-14-8-10-17-11-9-14/h4-13,18H,1-3H3,(H,17,19)/t13-/m1/s1. The molecular formula is C16H21N3O4S2. The van der Waals surface area contributed by atoms with Crippen LogP contribution in [0, 0.1) is 5.92 Å². The van der Waals surface area contributed by atoms with Crippen molar-refractivity contribution in [3.63, 3.8) is 0 Å². The molecule has 2 aromatic rings. The average Bonchev–Trinajstić information content (AvgIpc) is 2.55. The smallest absolute Gasteiger partial charge is 0.261 e. The Balaban J connectivity index is 2.22. The van der Waals surface area contributed by atoms with Crippen LogP contribution in [0.1, 0.15) is 20.8 Å². The number of hydrogen-bond acceptors (Lipinski definition) is 5. The quantitative estimate of drug-likeness (QED) is 0.762. The van der Waals surface area contributed by atoms with Gasteiger partial charge in [-0.1, -0.05) is 13.8 Å². The minimum absolute atomic E-state index is 0.0165. The van der Waals surface area contributed by atoms with E-state index in [1.807, 2.05) is 13.8 Å². The molecule has 0 aliphatic carbocycles. The second-order valence-electron chi connectivity index (χ2n) is 5.97. The van der Waals surface area contributed by atoms with E-state index >= 15 is 0 Å². The Hall–Kier alpha value is -1.97. The zero-order valence-corrected chi connectivity index (χ0v) is 15.8. The van der Waals surface area contributed by atoms with E-state index in [1.54, 1.807) is 6.92 Å². The Labute approximate surface area is 148 Å². The van der Waals surface area contributed by atoms with Gasteiger partial charge in [-0.25, -0.2) is 21.6 Å². The molecule has 0 saturated carbocycles. The van der Waals surface area contributed by atoms with E-state index in [4.69, 9.17) is 0 Å². The second kappa shape index (κ2) is 7.51. The molecule has 0 amide bonds. The van der Waals surface area contributed by atoms with Gasteiger partial charge in [0.05, 0.1) is 15.5 Å². The number of sulfonamides is 2. The minimum atomic E-state index is -3.81. The van der Waals surface area contributed by atoms with Crippen LogP contribution < -0.4 is 9.44 Å². The van der Waals surface area contributed by atoms with Crippen molar-refractivity contribution in [3.05, 3.63) is 48.8 Å². The van der Waals surface area contributed by atoms with Crippen LogP contribution in [0.15, 0.2) is 58.6 Å². The topological polar surface area (TPSA) is 105 Å². The summed E-state index contributed by atoms with van der Waals surface area (Å²) in [7, 11) is -7.50. The number of pyridine rings is 1. The molecule has 0 unspecified atom stereocenters. The highest BCUT2D eigenvalue weighted by atomic mass is 32.2. The lowest BCUT2D eigenvalue weighted by molar-refractivity contribution is 0.476. The Morgan fingerprint density at radius 3 is 1.76 bits per heavy atom. The molecule has 1 aromatic carbocycles. The first kappa shape index (κ1) is 19.4. The van der Waals surface area contributed by atoms with Gasteiger partial charge in [-0.05, 0) is 49.2 Å². The first-order valence-corrected chi connectivity index (χ1v) is 10.6. The highest BCUT2D eigenvalue weighted by Crippen LogP contribution is 2.18. The molecule has 0 radical (unpaired) electrons. The summed E-state index contributed by atoms with van der Waals surface area (Å²) in [6, 6.07) is 7.88. The molecule has 0 aliphatic heterocycles. The molecule has 0 spiro atoms. The van der Waals surface area contributed by atoms with Crippen molar-refractivity contribution < 1.29 is 16.8 Å². The number of nitrogens with zero attached hydrogens (tertiary/aromatic N) is 1. The van der Waals surface area contributed by atoms with Gasteiger partial charge in [0.15, 0.2) is 0 Å². The fourth-order valence-electron chi connectivity index (χ4n) is 1.88. The Morgan fingerprint density at radius 2 is 1.28 bits per heavy atom. The van der Waals surface area contributed by atoms with Crippen LogP contribution >= 0.6 is 0 Å².